The van der Waals surface area contributed by atoms with Gasteiger partial charge in [0.05, 0.1) is 17.8 Å². The van der Waals surface area contributed by atoms with Crippen LogP contribution in [0.4, 0.5) is 10.1 Å². The van der Waals surface area contributed by atoms with E-state index in [0.717, 1.165) is 5.56 Å². The predicted octanol–water partition coefficient (Wildman–Crippen LogP) is 3.31. The second-order valence-electron chi connectivity index (χ2n) is 8.47. The summed E-state index contributed by atoms with van der Waals surface area (Å²) in [4.78, 5) is 41.1. The Morgan fingerprint density at radius 1 is 1.09 bits per heavy atom. The molecule has 2 amide bonds. The third-order valence-electron chi connectivity index (χ3n) is 5.89. The molecule has 1 aliphatic heterocycles. The zero-order valence-corrected chi connectivity index (χ0v) is 18.7. The van der Waals surface area contributed by atoms with E-state index >= 15 is 0 Å². The van der Waals surface area contributed by atoms with Crippen LogP contribution in [0.15, 0.2) is 65.5 Å². The van der Waals surface area contributed by atoms with Gasteiger partial charge in [0.2, 0.25) is 5.91 Å². The van der Waals surface area contributed by atoms with Crippen molar-refractivity contribution in [1.29, 1.82) is 0 Å². The highest BCUT2D eigenvalue weighted by Gasteiger charge is 2.36. The van der Waals surface area contributed by atoms with Gasteiger partial charge < -0.3 is 14.8 Å². The minimum Gasteiger partial charge on any atom is -0.330 e. The zero-order chi connectivity index (χ0) is 24.0. The molecule has 0 aliphatic carbocycles. The molecule has 0 atom stereocenters. The van der Waals surface area contributed by atoms with Gasteiger partial charge in [-0.2, -0.15) is 9.61 Å². The first-order valence-electron chi connectivity index (χ1n) is 10.9. The number of anilines is 1. The van der Waals surface area contributed by atoms with Crippen molar-refractivity contribution in [2.24, 2.45) is 0 Å². The van der Waals surface area contributed by atoms with Crippen LogP contribution >= 0.6 is 0 Å². The molecule has 4 aromatic rings. The highest BCUT2D eigenvalue weighted by Crippen LogP contribution is 2.26. The topological polar surface area (TPSA) is 88.7 Å². The summed E-state index contributed by atoms with van der Waals surface area (Å²) in [7, 11) is 0. The average Bonchev–Trinajstić information content (AvgIpc) is 3.42. The normalized spacial score (nSPS) is 13.1. The van der Waals surface area contributed by atoms with Crippen LogP contribution in [0.3, 0.4) is 0 Å². The molecule has 172 valence electrons. The van der Waals surface area contributed by atoms with E-state index < -0.39 is 11.7 Å². The molecule has 0 fully saturated rings. The fourth-order valence-corrected chi connectivity index (χ4v) is 4.19. The number of fused-ring (bicyclic) bond motifs is 2. The monoisotopic (exact) mass is 459 g/mol. The Bertz CT molecular complexity index is 1470. The summed E-state index contributed by atoms with van der Waals surface area (Å²) in [6, 6.07) is 16.3. The van der Waals surface area contributed by atoms with Crippen LogP contribution in [0.25, 0.3) is 16.9 Å². The van der Waals surface area contributed by atoms with E-state index in [4.69, 9.17) is 0 Å². The first-order chi connectivity index (χ1) is 16.3. The molecule has 0 spiro atoms. The summed E-state index contributed by atoms with van der Waals surface area (Å²) in [6.45, 7) is 3.68. The standard InChI is InChI=1S/C25H22FN5O3/c1-15(2)29-13-19-23(25(29)34)30(14-21(32)27-18-10-8-17(26)9-11-18)22-12-20(28-31(22)24(19)33)16-6-4-3-5-7-16/h3-12,15H,13-14H2,1-2H3,(H,27,32). The Balaban J connectivity index is 1.63. The number of carbonyl (C=O) groups is 2. The van der Waals surface area contributed by atoms with Crippen molar-refractivity contribution < 1.29 is 14.0 Å². The van der Waals surface area contributed by atoms with Crippen LogP contribution in [0.5, 0.6) is 0 Å². The smallest absolute Gasteiger partial charge is 0.280 e. The molecule has 1 N–H and O–H groups in total. The Hall–Kier alpha value is -4.27. The SMILES string of the molecule is CC(C)N1Cc2c(n(CC(=O)Nc3ccc(F)cc3)c3cc(-c4ccccc4)nn3c2=O)C1=O. The number of halogens is 1. The van der Waals surface area contributed by atoms with Gasteiger partial charge in [0, 0.05) is 23.4 Å². The number of rotatable bonds is 5. The minimum atomic E-state index is -0.419. The van der Waals surface area contributed by atoms with Crippen molar-refractivity contribution in [2.45, 2.75) is 33.0 Å². The molecule has 9 heteroatoms. The maximum absolute atomic E-state index is 13.3. The minimum absolute atomic E-state index is 0.118. The second kappa shape index (κ2) is 8.26. The number of hydrogen-bond donors (Lipinski definition) is 1. The molecular weight excluding hydrogens is 437 g/mol. The maximum atomic E-state index is 13.3. The molecule has 2 aromatic carbocycles. The van der Waals surface area contributed by atoms with E-state index in [1.807, 2.05) is 44.2 Å². The highest BCUT2D eigenvalue weighted by molar-refractivity contribution is 5.99. The lowest BCUT2D eigenvalue weighted by molar-refractivity contribution is -0.116. The zero-order valence-electron chi connectivity index (χ0n) is 18.7. The van der Waals surface area contributed by atoms with E-state index in [9.17, 15) is 18.8 Å². The molecule has 8 nitrogen and oxygen atoms in total. The number of benzene rings is 2. The van der Waals surface area contributed by atoms with E-state index in [2.05, 4.69) is 10.4 Å². The Morgan fingerprint density at radius 3 is 2.47 bits per heavy atom. The third kappa shape index (κ3) is 3.64. The summed E-state index contributed by atoms with van der Waals surface area (Å²) >= 11 is 0. The van der Waals surface area contributed by atoms with Gasteiger partial charge in [-0.05, 0) is 38.1 Å². The van der Waals surface area contributed by atoms with Gasteiger partial charge in [-0.25, -0.2) is 4.39 Å². The lowest BCUT2D eigenvalue weighted by atomic mass is 10.1. The fraction of sp³-hybridized carbons (Fsp3) is 0.200. The van der Waals surface area contributed by atoms with E-state index in [-0.39, 0.29) is 36.3 Å². The summed E-state index contributed by atoms with van der Waals surface area (Å²) in [5.74, 6) is -1.13. The first kappa shape index (κ1) is 21.6. The molecule has 1 aliphatic rings. The lowest BCUT2D eigenvalue weighted by Crippen LogP contribution is -2.32. The van der Waals surface area contributed by atoms with Gasteiger partial charge in [-0.3, -0.25) is 14.4 Å². The van der Waals surface area contributed by atoms with E-state index in [1.165, 1.54) is 28.8 Å². The summed E-state index contributed by atoms with van der Waals surface area (Å²) < 4.78 is 16.0. The number of amides is 2. The van der Waals surface area contributed by atoms with Crippen LogP contribution in [0.2, 0.25) is 0 Å². The number of hydrogen-bond acceptors (Lipinski definition) is 4. The van der Waals surface area contributed by atoms with Crippen molar-refractivity contribution in [3.63, 3.8) is 0 Å². The molecule has 34 heavy (non-hydrogen) atoms. The van der Waals surface area contributed by atoms with Crippen LogP contribution in [0.1, 0.15) is 29.9 Å². The van der Waals surface area contributed by atoms with Gasteiger partial charge in [0.15, 0.2) is 0 Å². The second-order valence-corrected chi connectivity index (χ2v) is 8.47. The number of aromatic nitrogens is 3. The van der Waals surface area contributed by atoms with Gasteiger partial charge in [-0.1, -0.05) is 30.3 Å². The lowest BCUT2D eigenvalue weighted by Gasteiger charge is -2.20. The van der Waals surface area contributed by atoms with Gasteiger partial charge >= 0.3 is 0 Å². The molecule has 0 saturated heterocycles. The molecule has 3 heterocycles. The van der Waals surface area contributed by atoms with Crippen molar-refractivity contribution in [2.75, 3.05) is 5.32 Å². The number of nitrogens with zero attached hydrogens (tertiary/aromatic N) is 4. The molecule has 0 radical (unpaired) electrons. The molecule has 5 rings (SSSR count). The number of nitrogens with one attached hydrogen (secondary N) is 1. The molecule has 2 aromatic heterocycles. The largest absolute Gasteiger partial charge is 0.330 e. The van der Waals surface area contributed by atoms with Gasteiger partial charge in [0.25, 0.3) is 11.5 Å². The van der Waals surface area contributed by atoms with Crippen molar-refractivity contribution in [1.82, 2.24) is 19.1 Å². The maximum Gasteiger partial charge on any atom is 0.280 e. The van der Waals surface area contributed by atoms with Gasteiger partial charge in [0.1, 0.15) is 23.7 Å². The van der Waals surface area contributed by atoms with Gasteiger partial charge in [-0.15, -0.1) is 0 Å². The van der Waals surface area contributed by atoms with Crippen LogP contribution < -0.4 is 10.9 Å². The van der Waals surface area contributed by atoms with Crippen LogP contribution in [0, 0.1) is 5.82 Å². The fourth-order valence-electron chi connectivity index (χ4n) is 4.19. The van der Waals surface area contributed by atoms with E-state index in [0.29, 0.717) is 22.6 Å². The average molecular weight is 459 g/mol. The molecule has 0 bridgehead atoms. The molecule has 0 saturated carbocycles. The highest BCUT2D eigenvalue weighted by atomic mass is 19.1. The van der Waals surface area contributed by atoms with E-state index in [1.54, 1.807) is 15.5 Å². The molecule has 0 unspecified atom stereocenters. The predicted molar refractivity (Wildman–Crippen MR) is 125 cm³/mol. The van der Waals surface area contributed by atoms with Crippen molar-refractivity contribution >= 4 is 23.1 Å². The van der Waals surface area contributed by atoms with Crippen LogP contribution in [-0.4, -0.2) is 36.9 Å². The van der Waals surface area contributed by atoms with Crippen molar-refractivity contribution in [3.8, 4) is 11.3 Å². The Labute approximate surface area is 194 Å². The summed E-state index contributed by atoms with van der Waals surface area (Å²) in [5, 5.41) is 7.21. The summed E-state index contributed by atoms with van der Waals surface area (Å²) in [5.41, 5.74) is 2.26. The Kier molecular flexibility index (Phi) is 5.24. The van der Waals surface area contributed by atoms with Crippen molar-refractivity contribution in [3.05, 3.63) is 88.1 Å². The van der Waals surface area contributed by atoms with Crippen LogP contribution in [-0.2, 0) is 17.9 Å². The number of carbonyl (C=O) groups excluding carboxylic acids is 2. The Morgan fingerprint density at radius 2 is 1.79 bits per heavy atom. The summed E-state index contributed by atoms with van der Waals surface area (Å²) in [6.07, 6.45) is 0. The molecular formula is C25H22FN5O3. The quantitative estimate of drug-likeness (QED) is 0.496. The third-order valence-corrected chi connectivity index (χ3v) is 5.89. The first-order valence-corrected chi connectivity index (χ1v) is 10.9.